The van der Waals surface area contributed by atoms with E-state index in [1.807, 2.05) is 0 Å². The number of rotatable bonds is 46. The van der Waals surface area contributed by atoms with Crippen LogP contribution in [0.4, 0.5) is 0 Å². The predicted molar refractivity (Wildman–Crippen MR) is 274 cm³/mol. The van der Waals surface area contributed by atoms with Gasteiger partial charge in [0.15, 0.2) is 6.10 Å². The number of hydrogen-bond donors (Lipinski definition) is 0. The van der Waals surface area contributed by atoms with Crippen LogP contribution in [0.3, 0.4) is 0 Å². The number of hydrogen-bond acceptors (Lipinski definition) is 6. The van der Waals surface area contributed by atoms with Gasteiger partial charge in [-0.1, -0.05) is 201 Å². The minimum atomic E-state index is -0.806. The van der Waals surface area contributed by atoms with Crippen molar-refractivity contribution in [3.8, 4) is 0 Å². The first kappa shape index (κ1) is 60.3. The van der Waals surface area contributed by atoms with Crippen LogP contribution in [-0.4, -0.2) is 37.2 Å². The van der Waals surface area contributed by atoms with Crippen LogP contribution in [0, 0.1) is 0 Å². The third-order valence-corrected chi connectivity index (χ3v) is 10.8. The smallest absolute Gasteiger partial charge is 0.306 e. The molecule has 0 fully saturated rings. The fraction of sp³-hybridized carbons (Fsp3) is 0.672. The summed E-state index contributed by atoms with van der Waals surface area (Å²) in [6.07, 6.45) is 68.2. The van der Waals surface area contributed by atoms with Crippen LogP contribution in [0.1, 0.15) is 233 Å². The summed E-state index contributed by atoms with van der Waals surface area (Å²) in [5.74, 6) is -0.976. The molecule has 364 valence electrons. The van der Waals surface area contributed by atoms with Gasteiger partial charge in [-0.25, -0.2) is 0 Å². The second kappa shape index (κ2) is 52.0. The molecule has 1 unspecified atom stereocenters. The summed E-state index contributed by atoms with van der Waals surface area (Å²) in [4.78, 5) is 38.0. The fourth-order valence-electron chi connectivity index (χ4n) is 6.85. The maximum absolute atomic E-state index is 12.8. The molecule has 1 atom stereocenters. The number of esters is 3. The van der Waals surface area contributed by atoms with Crippen molar-refractivity contribution in [2.75, 3.05) is 13.2 Å². The summed E-state index contributed by atoms with van der Waals surface area (Å²) >= 11 is 0. The molecular weight excluding hydrogens is 793 g/mol. The van der Waals surface area contributed by atoms with E-state index in [1.165, 1.54) is 70.6 Å². The Morgan fingerprint density at radius 2 is 0.672 bits per heavy atom. The Morgan fingerprint density at radius 3 is 1.12 bits per heavy atom. The molecule has 0 aromatic carbocycles. The van der Waals surface area contributed by atoms with Crippen LogP contribution < -0.4 is 0 Å². The molecule has 64 heavy (non-hydrogen) atoms. The van der Waals surface area contributed by atoms with Crippen molar-refractivity contribution in [1.82, 2.24) is 0 Å². The monoisotopic (exact) mass is 889 g/mol. The average molecular weight is 889 g/mol. The lowest BCUT2D eigenvalue weighted by Gasteiger charge is -2.18. The summed E-state index contributed by atoms with van der Waals surface area (Å²) in [5, 5.41) is 0. The van der Waals surface area contributed by atoms with E-state index in [1.54, 1.807) is 0 Å². The zero-order chi connectivity index (χ0) is 46.5. The zero-order valence-corrected chi connectivity index (χ0v) is 41.5. The third-order valence-electron chi connectivity index (χ3n) is 10.8. The lowest BCUT2D eigenvalue weighted by atomic mass is 10.1. The molecule has 0 spiro atoms. The van der Waals surface area contributed by atoms with Crippen LogP contribution in [0.15, 0.2) is 97.2 Å². The molecule has 6 heteroatoms. The topological polar surface area (TPSA) is 78.9 Å². The first-order valence-corrected chi connectivity index (χ1v) is 26.3. The van der Waals surface area contributed by atoms with Crippen LogP contribution in [-0.2, 0) is 28.6 Å². The first-order chi connectivity index (χ1) is 31.5. The molecule has 0 amide bonds. The Hall–Kier alpha value is -3.67. The molecule has 0 radical (unpaired) electrons. The van der Waals surface area contributed by atoms with Crippen molar-refractivity contribution in [3.05, 3.63) is 97.2 Å². The number of allylic oxidation sites excluding steroid dienone is 16. The standard InChI is InChI=1S/C58H96O6/c1-4-7-10-13-16-19-22-24-26-28-29-30-32-33-36-39-42-45-48-51-57(60)63-54-55(53-62-56(59)50-47-44-41-38-35-21-18-15-12-9-6-3)64-58(61)52-49-46-43-40-37-34-31-27-25-23-20-17-14-11-8-5-2/h7,10,15-16,18-19,21,24,26-27,29-31,33,35-36,55H,4-6,8-9,11-14,17,20,22-23,25,28,32,34,37-54H2,1-3H3/b10-7-,18-15-,19-16-,26-24-,30-29-,31-27-,35-21-,36-33-. The van der Waals surface area contributed by atoms with Crippen molar-refractivity contribution in [2.24, 2.45) is 0 Å². The molecule has 0 rings (SSSR count). The van der Waals surface area contributed by atoms with Crippen molar-refractivity contribution < 1.29 is 28.6 Å². The fourth-order valence-corrected chi connectivity index (χ4v) is 6.85. The Morgan fingerprint density at radius 1 is 0.344 bits per heavy atom. The predicted octanol–water partition coefficient (Wildman–Crippen LogP) is 17.4. The lowest BCUT2D eigenvalue weighted by Crippen LogP contribution is -2.30. The molecule has 0 aliphatic rings. The summed E-state index contributed by atoms with van der Waals surface area (Å²) in [6.45, 7) is 6.40. The van der Waals surface area contributed by atoms with Crippen LogP contribution in [0.25, 0.3) is 0 Å². The highest BCUT2D eigenvalue weighted by Gasteiger charge is 2.19. The highest BCUT2D eigenvalue weighted by Crippen LogP contribution is 2.13. The summed E-state index contributed by atoms with van der Waals surface area (Å²) < 4.78 is 16.7. The van der Waals surface area contributed by atoms with Gasteiger partial charge in [-0.05, 0) is 109 Å². The number of unbranched alkanes of at least 4 members (excludes halogenated alkanes) is 20. The van der Waals surface area contributed by atoms with Crippen LogP contribution in [0.2, 0.25) is 0 Å². The van der Waals surface area contributed by atoms with Gasteiger partial charge in [0.05, 0.1) is 0 Å². The molecule has 0 bridgehead atoms. The summed E-state index contributed by atoms with van der Waals surface area (Å²) in [5.41, 5.74) is 0. The van der Waals surface area contributed by atoms with E-state index in [-0.39, 0.29) is 31.1 Å². The van der Waals surface area contributed by atoms with E-state index in [0.29, 0.717) is 19.3 Å². The quantitative estimate of drug-likeness (QED) is 0.0199. The van der Waals surface area contributed by atoms with Gasteiger partial charge >= 0.3 is 17.9 Å². The maximum Gasteiger partial charge on any atom is 0.306 e. The van der Waals surface area contributed by atoms with Gasteiger partial charge in [-0.3, -0.25) is 14.4 Å². The van der Waals surface area contributed by atoms with Gasteiger partial charge in [-0.15, -0.1) is 0 Å². The van der Waals surface area contributed by atoms with Gasteiger partial charge in [0.25, 0.3) is 0 Å². The van der Waals surface area contributed by atoms with E-state index >= 15 is 0 Å². The van der Waals surface area contributed by atoms with Crippen LogP contribution >= 0.6 is 0 Å². The van der Waals surface area contributed by atoms with Gasteiger partial charge in [0.1, 0.15) is 13.2 Å². The van der Waals surface area contributed by atoms with Gasteiger partial charge in [0, 0.05) is 19.3 Å². The van der Waals surface area contributed by atoms with Crippen molar-refractivity contribution in [1.29, 1.82) is 0 Å². The molecule has 0 N–H and O–H groups in total. The Balaban J connectivity index is 4.47. The molecule has 0 aliphatic heterocycles. The minimum Gasteiger partial charge on any atom is -0.462 e. The number of carbonyl (C=O) groups excluding carboxylic acids is 3. The maximum atomic E-state index is 12.8. The molecule has 0 aromatic heterocycles. The summed E-state index contributed by atoms with van der Waals surface area (Å²) in [6, 6.07) is 0. The normalized spacial score (nSPS) is 12.9. The van der Waals surface area contributed by atoms with Crippen molar-refractivity contribution >= 4 is 17.9 Å². The van der Waals surface area contributed by atoms with Crippen molar-refractivity contribution in [2.45, 2.75) is 239 Å². The zero-order valence-electron chi connectivity index (χ0n) is 41.5. The highest BCUT2D eigenvalue weighted by atomic mass is 16.6. The third kappa shape index (κ3) is 49.3. The SMILES string of the molecule is CC/C=C\C/C=C\C/C=C\C/C=C\C/C=C\CCCCCC(=O)OCC(COC(=O)CCCCC/C=C\C=C/CCCC)OC(=O)CCCCCCC/C=C\CCCCCCCCC. The summed E-state index contributed by atoms with van der Waals surface area (Å²) in [7, 11) is 0. The molecule has 0 aromatic rings. The van der Waals surface area contributed by atoms with E-state index in [4.69, 9.17) is 14.2 Å². The second-order valence-electron chi connectivity index (χ2n) is 17.1. The molecule has 0 saturated heterocycles. The van der Waals surface area contributed by atoms with Gasteiger partial charge in [0.2, 0.25) is 0 Å². The lowest BCUT2D eigenvalue weighted by molar-refractivity contribution is -0.167. The number of carbonyl (C=O) groups is 3. The molecule has 0 heterocycles. The molecular formula is C58H96O6. The van der Waals surface area contributed by atoms with E-state index in [0.717, 1.165) is 122 Å². The number of ether oxygens (including phenoxy) is 3. The second-order valence-corrected chi connectivity index (χ2v) is 17.1. The minimum absolute atomic E-state index is 0.106. The molecule has 6 nitrogen and oxygen atoms in total. The average Bonchev–Trinajstić information content (AvgIpc) is 3.29. The van der Waals surface area contributed by atoms with E-state index in [9.17, 15) is 14.4 Å². The molecule has 0 aliphatic carbocycles. The van der Waals surface area contributed by atoms with Gasteiger partial charge in [-0.2, -0.15) is 0 Å². The Kier molecular flexibility index (Phi) is 49.0. The molecule has 0 saturated carbocycles. The van der Waals surface area contributed by atoms with Crippen LogP contribution in [0.5, 0.6) is 0 Å². The largest absolute Gasteiger partial charge is 0.462 e. The van der Waals surface area contributed by atoms with E-state index < -0.39 is 6.10 Å². The van der Waals surface area contributed by atoms with E-state index in [2.05, 4.69) is 118 Å². The van der Waals surface area contributed by atoms with Crippen molar-refractivity contribution in [3.63, 3.8) is 0 Å². The Labute approximate surface area is 394 Å². The van der Waals surface area contributed by atoms with Gasteiger partial charge < -0.3 is 14.2 Å². The highest BCUT2D eigenvalue weighted by molar-refractivity contribution is 5.71. The first-order valence-electron chi connectivity index (χ1n) is 26.3. The Bertz CT molecular complexity index is 1300.